The van der Waals surface area contributed by atoms with E-state index in [0.717, 1.165) is 0 Å². The van der Waals surface area contributed by atoms with Crippen molar-refractivity contribution in [3.63, 3.8) is 0 Å². The second kappa shape index (κ2) is 16.5. The number of hydrogen-bond acceptors (Lipinski definition) is 4. The van der Waals surface area contributed by atoms with Gasteiger partial charge in [0.1, 0.15) is 0 Å². The molecular weight excluding hydrogens is 304 g/mol. The Kier molecular flexibility index (Phi) is 14.5. The molecule has 0 radical (unpaired) electrons. The minimum atomic E-state index is -0.346. The van der Waals surface area contributed by atoms with Crippen molar-refractivity contribution in [2.75, 3.05) is 13.2 Å². The predicted octanol–water partition coefficient (Wildman–Crippen LogP) is 4.01. The van der Waals surface area contributed by atoms with Gasteiger partial charge < -0.3 is 9.47 Å². The lowest BCUT2D eigenvalue weighted by atomic mass is 10.3. The zero-order chi connectivity index (χ0) is 17.9. The van der Waals surface area contributed by atoms with Crippen LogP contribution in [0.25, 0.3) is 0 Å². The van der Waals surface area contributed by atoms with Gasteiger partial charge in [-0.15, -0.1) is 0 Å². The Bertz CT molecular complexity index is 508. The lowest BCUT2D eigenvalue weighted by Gasteiger charge is -1.92. The quantitative estimate of drug-likeness (QED) is 0.345. The Balaban J connectivity index is 3.95. The van der Waals surface area contributed by atoms with Gasteiger partial charge in [-0.1, -0.05) is 72.9 Å². The molecule has 0 amide bonds. The summed E-state index contributed by atoms with van der Waals surface area (Å²) in [4.78, 5) is 22.0. The Morgan fingerprint density at radius 3 is 1.04 bits per heavy atom. The molecule has 4 nitrogen and oxygen atoms in total. The topological polar surface area (TPSA) is 52.6 Å². The van der Waals surface area contributed by atoms with Crippen molar-refractivity contribution < 1.29 is 19.1 Å². The third-order valence-electron chi connectivity index (χ3n) is 2.26. The van der Waals surface area contributed by atoms with E-state index in [1.807, 2.05) is 48.6 Å². The fourth-order valence-electron chi connectivity index (χ4n) is 1.29. The van der Waals surface area contributed by atoms with Crippen molar-refractivity contribution >= 4 is 11.9 Å². The van der Waals surface area contributed by atoms with E-state index in [2.05, 4.69) is 0 Å². The van der Waals surface area contributed by atoms with Crippen molar-refractivity contribution in [1.29, 1.82) is 0 Å². The fourth-order valence-corrected chi connectivity index (χ4v) is 1.29. The van der Waals surface area contributed by atoms with Gasteiger partial charge in [0.2, 0.25) is 0 Å². The molecule has 0 saturated carbocycles. The number of allylic oxidation sites excluding steroid dienone is 12. The summed E-state index contributed by atoms with van der Waals surface area (Å²) >= 11 is 0. The zero-order valence-corrected chi connectivity index (χ0v) is 14.1. The first-order chi connectivity index (χ1) is 11.7. The Labute approximate surface area is 143 Å². The van der Waals surface area contributed by atoms with Crippen LogP contribution in [0.5, 0.6) is 0 Å². The van der Waals surface area contributed by atoms with Gasteiger partial charge >= 0.3 is 11.9 Å². The van der Waals surface area contributed by atoms with Crippen LogP contribution in [0.1, 0.15) is 13.8 Å². The molecule has 0 aliphatic heterocycles. The summed E-state index contributed by atoms with van der Waals surface area (Å²) in [5, 5.41) is 0. The SMILES string of the molecule is CCOC(=O)/C=C/C=C/C=C/C=C/C=C/C=C/C=C/C(=O)OCC. The first-order valence-electron chi connectivity index (χ1n) is 7.72. The van der Waals surface area contributed by atoms with Crippen molar-refractivity contribution in [1.82, 2.24) is 0 Å². The van der Waals surface area contributed by atoms with E-state index in [9.17, 15) is 9.59 Å². The number of carbonyl (C=O) groups is 2. The summed E-state index contributed by atoms with van der Waals surface area (Å²) in [6, 6.07) is 0. The van der Waals surface area contributed by atoms with E-state index in [1.54, 1.807) is 38.2 Å². The molecule has 0 N–H and O–H groups in total. The third kappa shape index (κ3) is 15.5. The molecule has 0 saturated heterocycles. The minimum absolute atomic E-state index is 0.346. The maximum atomic E-state index is 11.0. The maximum absolute atomic E-state index is 11.0. The van der Waals surface area contributed by atoms with E-state index in [0.29, 0.717) is 13.2 Å². The molecule has 0 atom stereocenters. The first kappa shape index (κ1) is 21.1. The van der Waals surface area contributed by atoms with Gasteiger partial charge in [0.05, 0.1) is 13.2 Å². The van der Waals surface area contributed by atoms with Gasteiger partial charge in [-0.05, 0) is 13.8 Å². The summed E-state index contributed by atoms with van der Waals surface area (Å²) in [6.45, 7) is 4.28. The van der Waals surface area contributed by atoms with E-state index >= 15 is 0 Å². The second-order valence-corrected chi connectivity index (χ2v) is 4.15. The van der Waals surface area contributed by atoms with Crippen molar-refractivity contribution in [2.24, 2.45) is 0 Å². The second-order valence-electron chi connectivity index (χ2n) is 4.15. The molecule has 0 rings (SSSR count). The molecule has 0 aromatic carbocycles. The molecule has 4 heteroatoms. The van der Waals surface area contributed by atoms with E-state index < -0.39 is 0 Å². The lowest BCUT2D eigenvalue weighted by molar-refractivity contribution is -0.138. The van der Waals surface area contributed by atoms with Crippen molar-refractivity contribution in [3.05, 3.63) is 85.1 Å². The lowest BCUT2D eigenvalue weighted by Crippen LogP contribution is -1.98. The average Bonchev–Trinajstić information content (AvgIpc) is 2.55. The Morgan fingerprint density at radius 1 is 0.542 bits per heavy atom. The molecule has 0 heterocycles. The predicted molar refractivity (Wildman–Crippen MR) is 97.2 cm³/mol. The summed E-state index contributed by atoms with van der Waals surface area (Å²) < 4.78 is 9.48. The molecular formula is C20H24O4. The zero-order valence-electron chi connectivity index (χ0n) is 14.1. The molecule has 0 unspecified atom stereocenters. The minimum Gasteiger partial charge on any atom is -0.463 e. The summed E-state index contributed by atoms with van der Waals surface area (Å²) in [6.07, 6.45) is 24.3. The molecule has 0 aromatic rings. The highest BCUT2D eigenvalue weighted by Gasteiger charge is 1.90. The largest absolute Gasteiger partial charge is 0.463 e. The van der Waals surface area contributed by atoms with Gasteiger partial charge in [-0.3, -0.25) is 0 Å². The summed E-state index contributed by atoms with van der Waals surface area (Å²) in [5.74, 6) is -0.692. The maximum Gasteiger partial charge on any atom is 0.330 e. The van der Waals surface area contributed by atoms with Crippen LogP contribution >= 0.6 is 0 Å². The van der Waals surface area contributed by atoms with Gasteiger partial charge in [0.25, 0.3) is 0 Å². The standard InChI is InChI=1S/C20H24O4/c1-3-23-19(21)17-15-13-11-9-7-5-6-8-10-12-14-16-18-20(22)24-4-2/h5-18H,3-4H2,1-2H3/b6-5+,9-7+,10-8+,13-11+,14-12+,17-15+,18-16+. The van der Waals surface area contributed by atoms with Gasteiger partial charge in [-0.25, -0.2) is 9.59 Å². The molecule has 0 aliphatic rings. The van der Waals surface area contributed by atoms with Crippen LogP contribution in [0.3, 0.4) is 0 Å². The normalized spacial score (nSPS) is 12.9. The number of ether oxygens (including phenoxy) is 2. The Hall–Kier alpha value is -2.88. The van der Waals surface area contributed by atoms with Crippen LogP contribution in [0.2, 0.25) is 0 Å². The Morgan fingerprint density at radius 2 is 0.792 bits per heavy atom. The molecule has 128 valence electrons. The summed E-state index contributed by atoms with van der Waals surface area (Å²) in [5.41, 5.74) is 0. The summed E-state index contributed by atoms with van der Waals surface area (Å²) in [7, 11) is 0. The first-order valence-corrected chi connectivity index (χ1v) is 7.72. The molecule has 0 spiro atoms. The molecule has 0 aliphatic carbocycles. The number of carbonyl (C=O) groups excluding carboxylic acids is 2. The number of esters is 2. The van der Waals surface area contributed by atoms with Crippen LogP contribution in [0.4, 0.5) is 0 Å². The molecule has 0 bridgehead atoms. The molecule has 0 aromatic heterocycles. The van der Waals surface area contributed by atoms with Crippen LogP contribution in [-0.4, -0.2) is 25.2 Å². The fraction of sp³-hybridized carbons (Fsp3) is 0.200. The highest BCUT2D eigenvalue weighted by Crippen LogP contribution is 1.87. The van der Waals surface area contributed by atoms with Crippen LogP contribution in [-0.2, 0) is 19.1 Å². The van der Waals surface area contributed by atoms with Crippen LogP contribution in [0, 0.1) is 0 Å². The molecule has 0 fully saturated rings. The molecule has 24 heavy (non-hydrogen) atoms. The highest BCUT2D eigenvalue weighted by molar-refractivity contribution is 5.82. The monoisotopic (exact) mass is 328 g/mol. The van der Waals surface area contributed by atoms with Gasteiger partial charge in [0.15, 0.2) is 0 Å². The number of hydrogen-bond donors (Lipinski definition) is 0. The van der Waals surface area contributed by atoms with E-state index in [1.165, 1.54) is 12.2 Å². The van der Waals surface area contributed by atoms with Crippen LogP contribution in [0.15, 0.2) is 85.1 Å². The smallest absolute Gasteiger partial charge is 0.330 e. The van der Waals surface area contributed by atoms with Crippen molar-refractivity contribution in [2.45, 2.75) is 13.8 Å². The van der Waals surface area contributed by atoms with Gasteiger partial charge in [0, 0.05) is 12.2 Å². The third-order valence-corrected chi connectivity index (χ3v) is 2.26. The van der Waals surface area contributed by atoms with Crippen LogP contribution < -0.4 is 0 Å². The average molecular weight is 328 g/mol. The van der Waals surface area contributed by atoms with E-state index in [4.69, 9.17) is 9.47 Å². The van der Waals surface area contributed by atoms with E-state index in [-0.39, 0.29) is 11.9 Å². The highest BCUT2D eigenvalue weighted by atomic mass is 16.5. The van der Waals surface area contributed by atoms with Gasteiger partial charge in [-0.2, -0.15) is 0 Å². The van der Waals surface area contributed by atoms with Crippen molar-refractivity contribution in [3.8, 4) is 0 Å². The number of rotatable bonds is 10.